The second kappa shape index (κ2) is 4.36. The maximum atomic E-state index is 4.04. The highest BCUT2D eigenvalue weighted by atomic mass is 28.3. The lowest BCUT2D eigenvalue weighted by molar-refractivity contribution is 0.668. The molecule has 2 unspecified atom stereocenters. The van der Waals surface area contributed by atoms with Gasteiger partial charge < -0.3 is 0 Å². The Morgan fingerprint density at radius 1 is 1.27 bits per heavy atom. The highest BCUT2D eigenvalue weighted by Gasteiger charge is 2.38. The summed E-state index contributed by atoms with van der Waals surface area (Å²) in [4.78, 5) is 0. The molecule has 0 spiro atoms. The molecule has 1 heteroatoms. The summed E-state index contributed by atoms with van der Waals surface area (Å²) >= 11 is 0. The fraction of sp³-hybridized carbons (Fsp3) is 0.429. The van der Waals surface area contributed by atoms with Crippen LogP contribution in [-0.4, -0.2) is 8.07 Å². The van der Waals surface area contributed by atoms with Crippen LogP contribution in [0.25, 0.3) is 0 Å². The van der Waals surface area contributed by atoms with Crippen molar-refractivity contribution >= 4 is 13.3 Å². The van der Waals surface area contributed by atoms with Crippen LogP contribution in [0.4, 0.5) is 0 Å². The van der Waals surface area contributed by atoms with E-state index in [2.05, 4.69) is 49.5 Å². The molecule has 1 aliphatic heterocycles. The van der Waals surface area contributed by atoms with E-state index in [1.165, 1.54) is 25.3 Å². The van der Waals surface area contributed by atoms with E-state index in [0.29, 0.717) is 0 Å². The van der Waals surface area contributed by atoms with Crippen LogP contribution >= 0.6 is 0 Å². The van der Waals surface area contributed by atoms with Crippen molar-refractivity contribution < 1.29 is 0 Å². The molecule has 80 valence electrons. The largest absolute Gasteiger partial charge is 0.103 e. The molecule has 0 aliphatic carbocycles. The van der Waals surface area contributed by atoms with Gasteiger partial charge in [-0.1, -0.05) is 67.0 Å². The maximum absolute atomic E-state index is 4.04. The molecule has 1 heterocycles. The molecule has 1 fully saturated rings. The Morgan fingerprint density at radius 2 is 2.00 bits per heavy atom. The zero-order valence-corrected chi connectivity index (χ0v) is 10.6. The molecule has 0 bridgehead atoms. The van der Waals surface area contributed by atoms with Gasteiger partial charge in [0.2, 0.25) is 0 Å². The Labute approximate surface area is 94.0 Å². The van der Waals surface area contributed by atoms with Crippen LogP contribution in [0, 0.1) is 0 Å². The molecule has 0 N–H and O–H groups in total. The molecule has 1 aromatic rings. The number of rotatable bonds is 2. The van der Waals surface area contributed by atoms with E-state index in [1.54, 1.807) is 5.19 Å². The van der Waals surface area contributed by atoms with Crippen LogP contribution in [-0.2, 0) is 0 Å². The van der Waals surface area contributed by atoms with Crippen LogP contribution in [0.5, 0.6) is 0 Å². The van der Waals surface area contributed by atoms with Crippen molar-refractivity contribution in [3.05, 3.63) is 43.0 Å². The van der Waals surface area contributed by atoms with Gasteiger partial charge in [-0.3, -0.25) is 0 Å². The molecule has 1 aromatic carbocycles. The van der Waals surface area contributed by atoms with Crippen molar-refractivity contribution in [1.29, 1.82) is 0 Å². The van der Waals surface area contributed by atoms with E-state index in [1.807, 2.05) is 0 Å². The van der Waals surface area contributed by atoms with Crippen LogP contribution < -0.4 is 5.19 Å². The smallest absolute Gasteiger partial charge is 0.0904 e. The van der Waals surface area contributed by atoms with Gasteiger partial charge in [0, 0.05) is 0 Å². The Kier molecular flexibility index (Phi) is 3.10. The molecule has 0 radical (unpaired) electrons. The van der Waals surface area contributed by atoms with Gasteiger partial charge in [0.05, 0.1) is 8.07 Å². The first-order chi connectivity index (χ1) is 7.27. The molecule has 0 amide bonds. The Bertz CT molecular complexity index is 330. The van der Waals surface area contributed by atoms with Gasteiger partial charge in [-0.05, 0) is 12.0 Å². The fourth-order valence-electron chi connectivity index (χ4n) is 2.92. The molecular weight excluding hydrogens is 196 g/mol. The summed E-state index contributed by atoms with van der Waals surface area (Å²) in [6, 6.07) is 12.6. The third-order valence-electron chi connectivity index (χ3n) is 4.00. The zero-order chi connectivity index (χ0) is 10.7. The van der Waals surface area contributed by atoms with Crippen molar-refractivity contribution in [3.63, 3.8) is 0 Å². The van der Waals surface area contributed by atoms with E-state index in [-0.39, 0.29) is 0 Å². The predicted molar refractivity (Wildman–Crippen MR) is 70.3 cm³/mol. The van der Waals surface area contributed by atoms with Gasteiger partial charge in [-0.25, -0.2) is 0 Å². The van der Waals surface area contributed by atoms with Crippen molar-refractivity contribution in [2.24, 2.45) is 0 Å². The third kappa shape index (κ3) is 1.93. The first kappa shape index (κ1) is 10.7. The van der Waals surface area contributed by atoms with Crippen molar-refractivity contribution in [3.8, 4) is 0 Å². The van der Waals surface area contributed by atoms with E-state index in [4.69, 9.17) is 0 Å². The molecular formula is C14H20Si. The second-order valence-corrected chi connectivity index (χ2v) is 9.53. The second-order valence-electron chi connectivity index (χ2n) is 4.87. The van der Waals surface area contributed by atoms with Gasteiger partial charge in [0.25, 0.3) is 0 Å². The molecule has 2 atom stereocenters. The average molecular weight is 216 g/mol. The molecule has 0 saturated carbocycles. The lowest BCUT2D eigenvalue weighted by atomic mass is 10.2. The highest BCUT2D eigenvalue weighted by Crippen LogP contribution is 2.37. The quantitative estimate of drug-likeness (QED) is 0.522. The standard InChI is InChI=1S/C14H20Si/c1-3-13-9-7-8-12-15(13,2)14-10-5-4-6-11-14/h3-6,10-11,13H,1,7-9,12H2,2H3. The van der Waals surface area contributed by atoms with Gasteiger partial charge in [0.1, 0.15) is 0 Å². The molecule has 0 aromatic heterocycles. The van der Waals surface area contributed by atoms with E-state index in [0.717, 1.165) is 5.54 Å². The van der Waals surface area contributed by atoms with Gasteiger partial charge >= 0.3 is 0 Å². The summed E-state index contributed by atoms with van der Waals surface area (Å²) < 4.78 is 0. The monoisotopic (exact) mass is 216 g/mol. The first-order valence-electron chi connectivity index (χ1n) is 5.95. The third-order valence-corrected chi connectivity index (χ3v) is 9.20. The zero-order valence-electron chi connectivity index (χ0n) is 9.58. The van der Waals surface area contributed by atoms with Crippen LogP contribution in [0.15, 0.2) is 43.0 Å². The summed E-state index contributed by atoms with van der Waals surface area (Å²) in [6.45, 7) is 6.58. The van der Waals surface area contributed by atoms with E-state index >= 15 is 0 Å². The SMILES string of the molecule is C=CC1CCCC[Si]1(C)c1ccccc1. The van der Waals surface area contributed by atoms with Crippen molar-refractivity contribution in [2.45, 2.75) is 37.4 Å². The molecule has 1 aliphatic rings. The highest BCUT2D eigenvalue weighted by molar-refractivity contribution is 6.92. The molecule has 15 heavy (non-hydrogen) atoms. The van der Waals surface area contributed by atoms with Gasteiger partial charge in [-0.15, -0.1) is 6.58 Å². The summed E-state index contributed by atoms with van der Waals surface area (Å²) in [5, 5.41) is 1.62. The molecule has 0 nitrogen and oxygen atoms in total. The molecule has 2 rings (SSSR count). The van der Waals surface area contributed by atoms with Gasteiger partial charge in [0.15, 0.2) is 0 Å². The lowest BCUT2D eigenvalue weighted by Crippen LogP contribution is -2.49. The predicted octanol–water partition coefficient (Wildman–Crippen LogP) is 3.71. The van der Waals surface area contributed by atoms with Crippen molar-refractivity contribution in [1.82, 2.24) is 0 Å². The summed E-state index contributed by atoms with van der Waals surface area (Å²) in [7, 11) is -1.26. The minimum Gasteiger partial charge on any atom is -0.103 e. The van der Waals surface area contributed by atoms with Crippen molar-refractivity contribution in [2.75, 3.05) is 0 Å². The number of hydrogen-bond acceptors (Lipinski definition) is 0. The molecule has 1 saturated heterocycles. The summed E-state index contributed by atoms with van der Waals surface area (Å²) in [6.07, 6.45) is 6.40. The number of allylic oxidation sites excluding steroid dienone is 1. The number of hydrogen-bond donors (Lipinski definition) is 0. The topological polar surface area (TPSA) is 0 Å². The minimum atomic E-state index is -1.26. The Balaban J connectivity index is 2.34. The summed E-state index contributed by atoms with van der Waals surface area (Å²) in [5.74, 6) is 0. The lowest BCUT2D eigenvalue weighted by Gasteiger charge is -2.38. The average Bonchev–Trinajstić information content (AvgIpc) is 2.31. The first-order valence-corrected chi connectivity index (χ1v) is 8.74. The summed E-state index contributed by atoms with van der Waals surface area (Å²) in [5.41, 5.74) is 0.786. The Morgan fingerprint density at radius 3 is 2.67 bits per heavy atom. The normalized spacial score (nSPS) is 31.1. The van der Waals surface area contributed by atoms with Gasteiger partial charge in [-0.2, -0.15) is 0 Å². The number of benzene rings is 1. The minimum absolute atomic E-state index is 0.786. The van der Waals surface area contributed by atoms with E-state index in [9.17, 15) is 0 Å². The van der Waals surface area contributed by atoms with E-state index < -0.39 is 8.07 Å². The Hall–Kier alpha value is -0.823. The fourth-order valence-corrected chi connectivity index (χ4v) is 7.30. The van der Waals surface area contributed by atoms with Crippen LogP contribution in [0.3, 0.4) is 0 Å². The maximum Gasteiger partial charge on any atom is 0.0904 e. The van der Waals surface area contributed by atoms with Crippen LogP contribution in [0.1, 0.15) is 19.3 Å². The van der Waals surface area contributed by atoms with Crippen LogP contribution in [0.2, 0.25) is 18.1 Å².